The van der Waals surface area contributed by atoms with Crippen LogP contribution in [0.25, 0.3) is 32.6 Å². The summed E-state index contributed by atoms with van der Waals surface area (Å²) in [6.07, 6.45) is 4.36. The van der Waals surface area contributed by atoms with Crippen LogP contribution in [0.1, 0.15) is 48.9 Å². The molecule has 0 atom stereocenters. The Morgan fingerprint density at radius 1 is 0.590 bits per heavy atom. The van der Waals surface area contributed by atoms with Gasteiger partial charge in [0.2, 0.25) is 0 Å². The van der Waals surface area contributed by atoms with E-state index in [0.29, 0.717) is 0 Å². The first kappa shape index (κ1) is 26.7. The average Bonchev–Trinajstić information content (AvgIpc) is 3.52. The Labute approximate surface area is 251 Å². The molecule has 0 fully saturated rings. The second kappa shape index (κ2) is 10.5. The maximum absolute atomic E-state index is 3.73. The molecule has 196 valence electrons. The molecular weight excluding hydrogens is 620 g/mol. The van der Waals surface area contributed by atoms with E-state index < -0.39 is 8.07 Å². The summed E-state index contributed by atoms with van der Waals surface area (Å²) in [5.74, 6) is 0. The van der Waals surface area contributed by atoms with Gasteiger partial charge in [-0.3, -0.25) is 0 Å². The van der Waals surface area contributed by atoms with E-state index in [2.05, 4.69) is 144 Å². The van der Waals surface area contributed by atoms with E-state index in [4.69, 9.17) is 0 Å². The van der Waals surface area contributed by atoms with Gasteiger partial charge in [0.15, 0.2) is 0 Å². The molecule has 3 heteroatoms. The first-order valence-corrected chi connectivity index (χ1v) is 18.6. The Kier molecular flexibility index (Phi) is 7.20. The van der Waals surface area contributed by atoms with Crippen LogP contribution in [-0.2, 0) is 12.8 Å². The summed E-state index contributed by atoms with van der Waals surface area (Å²) in [5.41, 5.74) is 14.7. The van der Waals surface area contributed by atoms with Crippen LogP contribution in [0.15, 0.2) is 105 Å². The summed E-state index contributed by atoms with van der Waals surface area (Å²) in [4.78, 5) is 0. The number of hydrogen-bond donors (Lipinski definition) is 0. The van der Waals surface area contributed by atoms with E-state index in [1.807, 2.05) is 0 Å². The lowest BCUT2D eigenvalue weighted by Crippen LogP contribution is -2.32. The van der Waals surface area contributed by atoms with Crippen LogP contribution in [0.4, 0.5) is 0 Å². The highest BCUT2D eigenvalue weighted by atomic mass is 79.9. The van der Waals surface area contributed by atoms with E-state index in [-0.39, 0.29) is 0 Å². The highest BCUT2D eigenvalue weighted by molar-refractivity contribution is 9.10. The van der Waals surface area contributed by atoms with E-state index >= 15 is 0 Å². The van der Waals surface area contributed by atoms with Crippen LogP contribution in [0.3, 0.4) is 0 Å². The highest BCUT2D eigenvalue weighted by Crippen LogP contribution is 2.53. The number of halogens is 2. The van der Waals surface area contributed by atoms with Gasteiger partial charge < -0.3 is 0 Å². The molecule has 0 aliphatic heterocycles. The van der Waals surface area contributed by atoms with Crippen molar-refractivity contribution in [3.63, 3.8) is 0 Å². The lowest BCUT2D eigenvalue weighted by molar-refractivity contribution is 1.03. The van der Waals surface area contributed by atoms with Crippen molar-refractivity contribution in [2.45, 2.75) is 52.6 Å². The fourth-order valence-corrected chi connectivity index (χ4v) is 12.3. The molecule has 4 aromatic rings. The van der Waals surface area contributed by atoms with Gasteiger partial charge >= 0.3 is 0 Å². The van der Waals surface area contributed by atoms with E-state index in [0.717, 1.165) is 34.6 Å². The van der Waals surface area contributed by atoms with Crippen molar-refractivity contribution < 1.29 is 0 Å². The molecule has 2 aliphatic rings. The molecule has 0 amide bonds. The molecule has 2 aliphatic carbocycles. The van der Waals surface area contributed by atoms with Gasteiger partial charge in [-0.15, -0.1) is 0 Å². The Hall–Kier alpha value is -2.46. The minimum absolute atomic E-state index is 1.08. The Morgan fingerprint density at radius 2 is 1.00 bits per heavy atom. The third kappa shape index (κ3) is 4.57. The maximum atomic E-state index is 3.73. The molecule has 0 unspecified atom stereocenters. The Bertz CT molecular complexity index is 1550. The lowest BCUT2D eigenvalue weighted by atomic mass is 9.97. The maximum Gasteiger partial charge on any atom is 0.113 e. The van der Waals surface area contributed by atoms with Gasteiger partial charge in [-0.2, -0.15) is 0 Å². The first-order chi connectivity index (χ1) is 18.8. The minimum atomic E-state index is -2.13. The molecule has 0 nitrogen and oxygen atoms in total. The van der Waals surface area contributed by atoms with Gasteiger partial charge in [0, 0.05) is 8.95 Å². The summed E-state index contributed by atoms with van der Waals surface area (Å²) in [5, 5.41) is 3.35. The van der Waals surface area contributed by atoms with Gasteiger partial charge in [0.1, 0.15) is 8.07 Å². The zero-order chi connectivity index (χ0) is 27.3. The zero-order valence-electron chi connectivity index (χ0n) is 23.2. The normalized spacial score (nSPS) is 14.7. The summed E-state index contributed by atoms with van der Waals surface area (Å²) in [6, 6.07) is 31.6. The molecule has 6 rings (SSSR count). The average molecular weight is 655 g/mol. The molecule has 0 bridgehead atoms. The molecule has 4 aromatic carbocycles. The molecule has 0 heterocycles. The zero-order valence-corrected chi connectivity index (χ0v) is 27.3. The fourth-order valence-electron chi connectivity index (χ4n) is 7.11. The summed E-state index contributed by atoms with van der Waals surface area (Å²) in [6.45, 7) is 9.97. The van der Waals surface area contributed by atoms with Gasteiger partial charge in [0.05, 0.1) is 0 Å². The number of hydrogen-bond acceptors (Lipinski definition) is 0. The summed E-state index contributed by atoms with van der Waals surface area (Å²) < 4.78 is 2.26. The Balaban J connectivity index is 1.59. The quantitative estimate of drug-likeness (QED) is 0.182. The smallest absolute Gasteiger partial charge is 0.0658 e. The fraction of sp³-hybridized carbons (Fsp3) is 0.222. The highest BCUT2D eigenvalue weighted by Gasteiger charge is 2.43. The number of benzene rings is 4. The van der Waals surface area contributed by atoms with Crippen LogP contribution in [-0.4, -0.2) is 8.07 Å². The molecule has 0 saturated heterocycles. The molecule has 0 N–H and O–H groups in total. The predicted octanol–water partition coefficient (Wildman–Crippen LogP) is 11.5. The van der Waals surface area contributed by atoms with Crippen molar-refractivity contribution in [1.82, 2.24) is 0 Å². The van der Waals surface area contributed by atoms with Crippen LogP contribution < -0.4 is 0 Å². The molecule has 0 radical (unpaired) electrons. The third-order valence-corrected chi connectivity index (χ3v) is 13.4. The molecule has 0 aromatic heterocycles. The van der Waals surface area contributed by atoms with Crippen molar-refractivity contribution >= 4 is 50.3 Å². The number of rotatable bonds is 6. The van der Waals surface area contributed by atoms with Crippen molar-refractivity contribution in [3.05, 3.63) is 127 Å². The Morgan fingerprint density at radius 3 is 1.38 bits per heavy atom. The van der Waals surface area contributed by atoms with E-state index in [1.165, 1.54) is 44.5 Å². The predicted molar refractivity (Wildman–Crippen MR) is 178 cm³/mol. The van der Waals surface area contributed by atoms with Gasteiger partial charge in [0.25, 0.3) is 0 Å². The lowest BCUT2D eigenvalue weighted by Gasteiger charge is -2.32. The molecule has 0 spiro atoms. The van der Waals surface area contributed by atoms with E-state index in [1.54, 1.807) is 21.5 Å². The van der Waals surface area contributed by atoms with Gasteiger partial charge in [-0.25, -0.2) is 0 Å². The number of fused-ring (bicyclic) bond motifs is 2. The SMILES string of the molecule is CCC1=C([Si](C)(C)C2=C(CC)Cc3cccc(-c4cccc(Br)c4)c32)c2c(cccc2-c2cccc(Br)c2)C1. The van der Waals surface area contributed by atoms with Crippen LogP contribution in [0, 0.1) is 0 Å². The standard InChI is InChI=1S/C36H34Br2Si/c1-5-23-19-27-13-9-17-31(25-11-7-15-29(37)21-25)33(27)35(23)39(3,4)36-24(6-2)20-28-14-10-18-32(34(28)36)26-12-8-16-30(38)22-26/h7-18,21-22H,5-6,19-20H2,1-4H3. The molecule has 0 saturated carbocycles. The third-order valence-electron chi connectivity index (χ3n) is 8.69. The van der Waals surface area contributed by atoms with Crippen molar-refractivity contribution in [3.8, 4) is 22.3 Å². The molecule has 39 heavy (non-hydrogen) atoms. The minimum Gasteiger partial charge on any atom is -0.0658 e. The second-order valence-electron chi connectivity index (χ2n) is 11.3. The van der Waals surface area contributed by atoms with Crippen molar-refractivity contribution in [1.29, 1.82) is 0 Å². The van der Waals surface area contributed by atoms with Gasteiger partial charge in [-0.1, -0.05) is 131 Å². The van der Waals surface area contributed by atoms with Crippen molar-refractivity contribution in [2.24, 2.45) is 0 Å². The number of allylic oxidation sites excluding steroid dienone is 2. The van der Waals surface area contributed by atoms with Gasteiger partial charge in [-0.05, 0) is 105 Å². The topological polar surface area (TPSA) is 0 Å². The van der Waals surface area contributed by atoms with Crippen LogP contribution >= 0.6 is 31.9 Å². The monoisotopic (exact) mass is 652 g/mol. The summed E-state index contributed by atoms with van der Waals surface area (Å²) >= 11 is 7.46. The largest absolute Gasteiger partial charge is 0.113 e. The first-order valence-electron chi connectivity index (χ1n) is 14.0. The molecular formula is C36H34Br2Si. The van der Waals surface area contributed by atoms with Crippen LogP contribution in [0.5, 0.6) is 0 Å². The second-order valence-corrected chi connectivity index (χ2v) is 17.4. The van der Waals surface area contributed by atoms with E-state index in [9.17, 15) is 0 Å². The summed E-state index contributed by atoms with van der Waals surface area (Å²) in [7, 11) is -2.13. The van der Waals surface area contributed by atoms with Crippen molar-refractivity contribution in [2.75, 3.05) is 0 Å². The van der Waals surface area contributed by atoms with Crippen LogP contribution in [0.2, 0.25) is 13.1 Å².